The van der Waals surface area contributed by atoms with Gasteiger partial charge in [-0.25, -0.2) is 9.78 Å². The van der Waals surface area contributed by atoms with Gasteiger partial charge in [-0.2, -0.15) is 0 Å². The average molecular weight is 459 g/mol. The van der Waals surface area contributed by atoms with Gasteiger partial charge in [-0.3, -0.25) is 9.36 Å². The Morgan fingerprint density at radius 1 is 0.882 bits per heavy atom. The van der Waals surface area contributed by atoms with Gasteiger partial charge in [0.25, 0.3) is 5.56 Å². The van der Waals surface area contributed by atoms with E-state index in [2.05, 4.69) is 15.6 Å². The van der Waals surface area contributed by atoms with Crippen LogP contribution in [0.4, 0.5) is 16.2 Å². The number of carbonyl (C=O) groups excluding carboxylic acids is 1. The molecule has 0 aliphatic heterocycles. The Labute approximate surface area is 197 Å². The summed E-state index contributed by atoms with van der Waals surface area (Å²) < 4.78 is 12.7. The minimum absolute atomic E-state index is 0.137. The molecule has 8 heteroatoms. The minimum atomic E-state index is -0.403. The van der Waals surface area contributed by atoms with Crippen LogP contribution in [0.2, 0.25) is 0 Å². The Morgan fingerprint density at radius 2 is 1.53 bits per heavy atom. The van der Waals surface area contributed by atoms with Gasteiger partial charge in [0.1, 0.15) is 5.82 Å². The summed E-state index contributed by atoms with van der Waals surface area (Å²) in [7, 11) is 0. The summed E-state index contributed by atoms with van der Waals surface area (Å²) in [6, 6.07) is 19.1. The molecule has 174 valence electrons. The van der Waals surface area contributed by atoms with Crippen LogP contribution in [-0.4, -0.2) is 28.8 Å². The number of nitrogens with one attached hydrogen (secondary N) is 2. The van der Waals surface area contributed by atoms with Gasteiger partial charge in [0.05, 0.1) is 29.8 Å². The molecule has 4 aromatic rings. The lowest BCUT2D eigenvalue weighted by Gasteiger charge is -2.14. The van der Waals surface area contributed by atoms with E-state index in [1.165, 1.54) is 0 Å². The van der Waals surface area contributed by atoms with Gasteiger partial charge in [0.2, 0.25) is 0 Å². The zero-order valence-corrected chi connectivity index (χ0v) is 19.3. The third kappa shape index (κ3) is 4.85. The Balaban J connectivity index is 1.49. The van der Waals surface area contributed by atoms with Gasteiger partial charge in [0, 0.05) is 17.4 Å². The van der Waals surface area contributed by atoms with Crippen LogP contribution in [0.5, 0.6) is 11.5 Å². The zero-order valence-electron chi connectivity index (χ0n) is 19.3. The van der Waals surface area contributed by atoms with E-state index in [9.17, 15) is 9.59 Å². The molecule has 8 nitrogen and oxygen atoms in total. The topological polar surface area (TPSA) is 94.5 Å². The molecule has 0 saturated heterocycles. The summed E-state index contributed by atoms with van der Waals surface area (Å²) in [6.07, 6.45) is 0. The number of ether oxygens (including phenoxy) is 2. The summed E-state index contributed by atoms with van der Waals surface area (Å²) in [4.78, 5) is 30.0. The fourth-order valence-corrected chi connectivity index (χ4v) is 3.66. The molecule has 0 spiro atoms. The maximum absolute atomic E-state index is 13.0. The molecule has 1 aromatic heterocycles. The first-order valence-corrected chi connectivity index (χ1v) is 11.1. The van der Waals surface area contributed by atoms with Crippen LogP contribution in [0.25, 0.3) is 16.6 Å². The van der Waals surface area contributed by atoms with Crippen molar-refractivity contribution in [1.82, 2.24) is 9.55 Å². The van der Waals surface area contributed by atoms with E-state index in [0.29, 0.717) is 58.5 Å². The van der Waals surface area contributed by atoms with Crippen molar-refractivity contribution in [3.8, 4) is 17.2 Å². The zero-order chi connectivity index (χ0) is 24.1. The van der Waals surface area contributed by atoms with Crippen LogP contribution in [-0.2, 0) is 0 Å². The predicted octanol–water partition coefficient (Wildman–Crippen LogP) is 5.14. The fraction of sp³-hybridized carbons (Fsp3) is 0.192. The molecule has 0 unspecified atom stereocenters. The second-order valence-electron chi connectivity index (χ2n) is 7.47. The quantitative estimate of drug-likeness (QED) is 0.400. The number of rotatable bonds is 7. The van der Waals surface area contributed by atoms with Crippen LogP contribution in [0.15, 0.2) is 71.5 Å². The monoisotopic (exact) mass is 458 g/mol. The SMILES string of the molecule is CCOc1ccc(NC(=O)Nc2ccc(-n3c(C)nc4ccccc4c3=O)cc2)cc1OCC. The van der Waals surface area contributed by atoms with E-state index in [1.807, 2.05) is 32.0 Å². The minimum Gasteiger partial charge on any atom is -0.490 e. The molecule has 2 N–H and O–H groups in total. The molecule has 0 aliphatic carbocycles. The Kier molecular flexibility index (Phi) is 6.77. The first kappa shape index (κ1) is 22.8. The Hall–Kier alpha value is -4.33. The Bertz CT molecular complexity index is 1380. The number of hydrogen-bond donors (Lipinski definition) is 2. The molecule has 0 radical (unpaired) electrons. The molecule has 0 saturated carbocycles. The van der Waals surface area contributed by atoms with Crippen LogP contribution in [0.1, 0.15) is 19.7 Å². The number of hydrogen-bond acceptors (Lipinski definition) is 5. The molecule has 0 bridgehead atoms. The third-order valence-electron chi connectivity index (χ3n) is 5.13. The number of aryl methyl sites for hydroxylation is 1. The lowest BCUT2D eigenvalue weighted by molar-refractivity contribution is 0.262. The number of nitrogens with zero attached hydrogens (tertiary/aromatic N) is 2. The van der Waals surface area contributed by atoms with Crippen LogP contribution < -0.4 is 25.7 Å². The van der Waals surface area contributed by atoms with Crippen LogP contribution in [0, 0.1) is 6.92 Å². The molecule has 3 aromatic carbocycles. The van der Waals surface area contributed by atoms with Gasteiger partial charge < -0.3 is 20.1 Å². The molecule has 4 rings (SSSR count). The van der Waals surface area contributed by atoms with E-state index in [-0.39, 0.29) is 5.56 Å². The summed E-state index contributed by atoms with van der Waals surface area (Å²) in [5.74, 6) is 1.78. The normalized spacial score (nSPS) is 10.7. The summed E-state index contributed by atoms with van der Waals surface area (Å²) in [5, 5.41) is 6.14. The first-order valence-electron chi connectivity index (χ1n) is 11.1. The van der Waals surface area contributed by atoms with Crippen molar-refractivity contribution < 1.29 is 14.3 Å². The number of urea groups is 1. The maximum Gasteiger partial charge on any atom is 0.323 e. The molecule has 34 heavy (non-hydrogen) atoms. The number of benzene rings is 3. The highest BCUT2D eigenvalue weighted by molar-refractivity contribution is 6.00. The van der Waals surface area contributed by atoms with Crippen LogP contribution >= 0.6 is 0 Å². The largest absolute Gasteiger partial charge is 0.490 e. The van der Waals surface area contributed by atoms with E-state index >= 15 is 0 Å². The molecule has 0 aliphatic rings. The van der Waals surface area contributed by atoms with Crippen molar-refractivity contribution in [3.63, 3.8) is 0 Å². The number of fused-ring (bicyclic) bond motifs is 1. The number of amides is 2. The molecule has 0 atom stereocenters. The van der Waals surface area contributed by atoms with Crippen molar-refractivity contribution in [3.05, 3.63) is 82.9 Å². The van der Waals surface area contributed by atoms with Crippen molar-refractivity contribution in [1.29, 1.82) is 0 Å². The van der Waals surface area contributed by atoms with Crippen molar-refractivity contribution in [2.75, 3.05) is 23.8 Å². The first-order chi connectivity index (χ1) is 16.5. The highest BCUT2D eigenvalue weighted by Gasteiger charge is 2.11. The predicted molar refractivity (Wildman–Crippen MR) is 133 cm³/mol. The van der Waals surface area contributed by atoms with Crippen molar-refractivity contribution in [2.45, 2.75) is 20.8 Å². The second-order valence-corrected chi connectivity index (χ2v) is 7.47. The average Bonchev–Trinajstić information content (AvgIpc) is 2.82. The Morgan fingerprint density at radius 3 is 2.26 bits per heavy atom. The molecule has 0 fully saturated rings. The van der Waals surface area contributed by atoms with Gasteiger partial charge in [0.15, 0.2) is 11.5 Å². The highest BCUT2D eigenvalue weighted by Crippen LogP contribution is 2.30. The number of aromatic nitrogens is 2. The van der Waals surface area contributed by atoms with E-state index in [1.54, 1.807) is 60.0 Å². The molecular formula is C26H26N4O4. The molecular weight excluding hydrogens is 432 g/mol. The van der Waals surface area contributed by atoms with Gasteiger partial charge in [-0.15, -0.1) is 0 Å². The number of carbonyl (C=O) groups is 1. The van der Waals surface area contributed by atoms with Crippen molar-refractivity contribution >= 4 is 28.3 Å². The van der Waals surface area contributed by atoms with E-state index < -0.39 is 6.03 Å². The summed E-state index contributed by atoms with van der Waals surface area (Å²) in [5.41, 5.74) is 2.35. The molecule has 1 heterocycles. The number of para-hydroxylation sites is 1. The van der Waals surface area contributed by atoms with Gasteiger partial charge in [-0.05, 0) is 69.3 Å². The smallest absolute Gasteiger partial charge is 0.323 e. The van der Waals surface area contributed by atoms with Gasteiger partial charge >= 0.3 is 6.03 Å². The van der Waals surface area contributed by atoms with E-state index in [0.717, 1.165) is 0 Å². The summed E-state index contributed by atoms with van der Waals surface area (Å²) >= 11 is 0. The lowest BCUT2D eigenvalue weighted by atomic mass is 10.2. The standard InChI is InChI=1S/C26H26N4O4/c1-4-33-23-15-12-19(16-24(23)34-5-2)29-26(32)28-18-10-13-20(14-11-18)30-17(3)27-22-9-7-6-8-21(22)25(30)31/h6-16H,4-5H2,1-3H3,(H2,28,29,32). The third-order valence-corrected chi connectivity index (χ3v) is 5.13. The van der Waals surface area contributed by atoms with Crippen LogP contribution in [0.3, 0.4) is 0 Å². The second kappa shape index (κ2) is 10.1. The van der Waals surface area contributed by atoms with E-state index in [4.69, 9.17) is 9.47 Å². The lowest BCUT2D eigenvalue weighted by Crippen LogP contribution is -2.22. The fourth-order valence-electron chi connectivity index (χ4n) is 3.66. The molecule has 2 amide bonds. The summed E-state index contributed by atoms with van der Waals surface area (Å²) in [6.45, 7) is 6.58. The van der Waals surface area contributed by atoms with Gasteiger partial charge in [-0.1, -0.05) is 12.1 Å². The van der Waals surface area contributed by atoms with Crippen molar-refractivity contribution in [2.24, 2.45) is 0 Å². The maximum atomic E-state index is 13.0. The highest BCUT2D eigenvalue weighted by atomic mass is 16.5. The number of anilines is 2.